The molecule has 43 heavy (non-hydrogen) atoms. The summed E-state index contributed by atoms with van der Waals surface area (Å²) < 4.78 is 0. The molecule has 7 heteroatoms. The Bertz CT molecular complexity index is 1360. The molecule has 2 unspecified atom stereocenters. The molecule has 0 spiro atoms. The zero-order valence-electron chi connectivity index (χ0n) is 25.8. The van der Waals surface area contributed by atoms with Gasteiger partial charge in [0.15, 0.2) is 11.6 Å². The maximum atomic E-state index is 14.6. The van der Waals surface area contributed by atoms with Gasteiger partial charge in [0, 0.05) is 55.8 Å². The normalized spacial score (nSPS) is 22.2. The van der Waals surface area contributed by atoms with Crippen molar-refractivity contribution in [2.24, 2.45) is 11.8 Å². The van der Waals surface area contributed by atoms with Crippen LogP contribution >= 0.6 is 0 Å². The first-order chi connectivity index (χ1) is 20.8. The predicted molar refractivity (Wildman–Crippen MR) is 170 cm³/mol. The Morgan fingerprint density at radius 1 is 1.07 bits per heavy atom. The van der Waals surface area contributed by atoms with Crippen molar-refractivity contribution in [1.29, 1.82) is 0 Å². The topological polar surface area (TPSA) is 86.8 Å². The highest BCUT2D eigenvalue weighted by molar-refractivity contribution is 6.07. The van der Waals surface area contributed by atoms with Crippen molar-refractivity contribution in [1.82, 2.24) is 15.1 Å². The van der Waals surface area contributed by atoms with E-state index in [0.29, 0.717) is 43.7 Å². The average molecular weight is 584 g/mol. The van der Waals surface area contributed by atoms with Gasteiger partial charge in [0.1, 0.15) is 12.0 Å². The Labute approximate surface area is 256 Å². The molecule has 1 saturated heterocycles. The zero-order valence-corrected chi connectivity index (χ0v) is 25.8. The molecule has 1 aliphatic heterocycles. The molecule has 0 saturated carbocycles. The number of carbonyl (C=O) groups excluding carboxylic acids is 4. The summed E-state index contributed by atoms with van der Waals surface area (Å²) in [7, 11) is 0. The fourth-order valence-corrected chi connectivity index (χ4v) is 6.37. The van der Waals surface area contributed by atoms with Gasteiger partial charge in [0.25, 0.3) is 5.91 Å². The lowest BCUT2D eigenvalue weighted by molar-refractivity contribution is -0.121. The number of benzene rings is 2. The van der Waals surface area contributed by atoms with Crippen molar-refractivity contribution in [3.05, 3.63) is 94.3 Å². The molecule has 2 aromatic rings. The molecule has 1 amide bonds. The monoisotopic (exact) mass is 583 g/mol. The summed E-state index contributed by atoms with van der Waals surface area (Å²) in [5, 5.41) is 2.99. The van der Waals surface area contributed by atoms with E-state index in [2.05, 4.69) is 47.2 Å². The number of hydrogen-bond donors (Lipinski definition) is 1. The first-order valence-corrected chi connectivity index (χ1v) is 15.6. The molecule has 0 bridgehead atoms. The Kier molecular flexibility index (Phi) is 11.5. The molecular weight excluding hydrogens is 538 g/mol. The van der Waals surface area contributed by atoms with Gasteiger partial charge in [-0.3, -0.25) is 14.4 Å². The predicted octanol–water partition coefficient (Wildman–Crippen LogP) is 5.62. The number of likely N-dealkylation sites (N-methyl/N-ethyl adjacent to an activating group) is 1. The fourth-order valence-electron chi connectivity index (χ4n) is 6.37. The van der Waals surface area contributed by atoms with Gasteiger partial charge < -0.3 is 19.9 Å². The van der Waals surface area contributed by atoms with E-state index in [1.54, 1.807) is 24.3 Å². The number of rotatable bonds is 12. The van der Waals surface area contributed by atoms with Crippen molar-refractivity contribution in [2.75, 3.05) is 32.7 Å². The molecule has 228 valence electrons. The van der Waals surface area contributed by atoms with Crippen LogP contribution < -0.4 is 5.32 Å². The first-order valence-electron chi connectivity index (χ1n) is 15.6. The number of ketones is 2. The number of hydrogen-bond acceptors (Lipinski definition) is 6. The summed E-state index contributed by atoms with van der Waals surface area (Å²) in [6, 6.07) is 17.1. The molecular formula is C36H45N3O4. The number of piperidine rings is 1. The zero-order chi connectivity index (χ0) is 30.8. The van der Waals surface area contributed by atoms with E-state index in [9.17, 15) is 19.2 Å². The molecule has 2 atom stereocenters. The minimum atomic E-state index is -0.283. The number of Topliss-reactive ketones (excluding diaryl/α,β-unsaturated/α-hetero) is 2. The van der Waals surface area contributed by atoms with Crippen molar-refractivity contribution in [3.8, 4) is 0 Å². The third-order valence-corrected chi connectivity index (χ3v) is 8.73. The smallest absolute Gasteiger partial charge is 0.252 e. The largest absolute Gasteiger partial charge is 0.372 e. The standard InChI is InChI=1S/C36H45N3O4/c1-4-38(23-21-37-36(43)32-17-9-8-16-31(32)27(3)41)33-18-10-12-26(2)30(20-19-28-13-6-5-7-14-28)35(42)34(33)39-22-11-15-29(24-39)25-40/h5-9,12-14,16-17,25,29-30H,4,10-11,15,18-24H2,1-3H3,(H,37,43)/b26-12+,34-33-. The molecule has 1 aliphatic carbocycles. The molecule has 1 N–H and O–H groups in total. The number of aldehydes is 1. The Morgan fingerprint density at radius 2 is 1.79 bits per heavy atom. The summed E-state index contributed by atoms with van der Waals surface area (Å²) >= 11 is 0. The third-order valence-electron chi connectivity index (χ3n) is 8.73. The van der Waals surface area contributed by atoms with Crippen LogP contribution in [-0.4, -0.2) is 66.3 Å². The van der Waals surface area contributed by atoms with E-state index < -0.39 is 0 Å². The van der Waals surface area contributed by atoms with Gasteiger partial charge >= 0.3 is 0 Å². The summed E-state index contributed by atoms with van der Waals surface area (Å²) in [6.45, 7) is 8.48. The highest BCUT2D eigenvalue weighted by Crippen LogP contribution is 2.33. The second-order valence-electron chi connectivity index (χ2n) is 11.6. The maximum absolute atomic E-state index is 14.6. The van der Waals surface area contributed by atoms with E-state index in [4.69, 9.17) is 0 Å². The van der Waals surface area contributed by atoms with E-state index in [1.807, 2.05) is 18.2 Å². The molecule has 4 rings (SSSR count). The minimum absolute atomic E-state index is 0.0872. The van der Waals surface area contributed by atoms with Crippen LogP contribution in [-0.2, 0) is 16.0 Å². The van der Waals surface area contributed by atoms with Crippen LogP contribution in [0.2, 0.25) is 0 Å². The third kappa shape index (κ3) is 8.09. The van der Waals surface area contributed by atoms with Gasteiger partial charge in [-0.15, -0.1) is 0 Å². The van der Waals surface area contributed by atoms with Gasteiger partial charge in [0.2, 0.25) is 0 Å². The van der Waals surface area contributed by atoms with Crippen LogP contribution in [0, 0.1) is 11.8 Å². The van der Waals surface area contributed by atoms with Gasteiger partial charge in [-0.05, 0) is 70.9 Å². The molecule has 1 heterocycles. The van der Waals surface area contributed by atoms with Crippen molar-refractivity contribution >= 4 is 23.8 Å². The van der Waals surface area contributed by atoms with Crippen LogP contribution in [0.3, 0.4) is 0 Å². The molecule has 1 fully saturated rings. The highest BCUT2D eigenvalue weighted by atomic mass is 16.2. The van der Waals surface area contributed by atoms with Crippen LogP contribution in [0.25, 0.3) is 0 Å². The minimum Gasteiger partial charge on any atom is -0.372 e. The van der Waals surface area contributed by atoms with Gasteiger partial charge in [-0.25, -0.2) is 0 Å². The number of nitrogens with zero attached hydrogens (tertiary/aromatic N) is 2. The van der Waals surface area contributed by atoms with Crippen molar-refractivity contribution in [3.63, 3.8) is 0 Å². The lowest BCUT2D eigenvalue weighted by Gasteiger charge is -2.39. The van der Waals surface area contributed by atoms with Crippen LogP contribution in [0.5, 0.6) is 0 Å². The second-order valence-corrected chi connectivity index (χ2v) is 11.6. The molecule has 0 aromatic heterocycles. The number of carbonyl (C=O) groups is 4. The van der Waals surface area contributed by atoms with Gasteiger partial charge in [0.05, 0.1) is 5.56 Å². The lowest BCUT2D eigenvalue weighted by Crippen LogP contribution is -2.43. The second kappa shape index (κ2) is 15.5. The van der Waals surface area contributed by atoms with Crippen LogP contribution in [0.1, 0.15) is 79.2 Å². The Morgan fingerprint density at radius 3 is 2.49 bits per heavy atom. The molecule has 7 nitrogen and oxygen atoms in total. The Balaban J connectivity index is 1.60. The van der Waals surface area contributed by atoms with E-state index in [-0.39, 0.29) is 29.3 Å². The fraction of sp³-hybridized carbons (Fsp3) is 0.444. The number of nitrogens with one attached hydrogen (secondary N) is 1. The first kappa shape index (κ1) is 31.9. The summed E-state index contributed by atoms with van der Waals surface area (Å²) in [4.78, 5) is 55.8. The summed E-state index contributed by atoms with van der Waals surface area (Å²) in [5.74, 6) is -0.624. The summed E-state index contributed by atoms with van der Waals surface area (Å²) in [5.41, 5.74) is 4.83. The van der Waals surface area contributed by atoms with Crippen LogP contribution in [0.4, 0.5) is 0 Å². The van der Waals surface area contributed by atoms with E-state index in [0.717, 1.165) is 61.9 Å². The molecule has 2 aromatic carbocycles. The molecule has 2 aliphatic rings. The van der Waals surface area contributed by atoms with Crippen molar-refractivity contribution in [2.45, 2.75) is 59.3 Å². The number of allylic oxidation sites excluding steroid dienone is 4. The maximum Gasteiger partial charge on any atom is 0.252 e. The van der Waals surface area contributed by atoms with E-state index in [1.165, 1.54) is 12.5 Å². The summed E-state index contributed by atoms with van der Waals surface area (Å²) in [6.07, 6.45) is 8.03. The van der Waals surface area contributed by atoms with Crippen molar-refractivity contribution < 1.29 is 19.2 Å². The molecule has 0 radical (unpaired) electrons. The average Bonchev–Trinajstić information content (AvgIpc) is 3.02. The van der Waals surface area contributed by atoms with E-state index >= 15 is 0 Å². The quantitative estimate of drug-likeness (QED) is 0.198. The number of likely N-dealkylation sites (tertiary alicyclic amines) is 1. The van der Waals surface area contributed by atoms with Crippen LogP contribution in [0.15, 0.2) is 77.6 Å². The number of aryl methyl sites for hydroxylation is 1. The Hall–Kier alpha value is -4.00. The van der Waals surface area contributed by atoms with Gasteiger partial charge in [-0.2, -0.15) is 0 Å². The lowest BCUT2D eigenvalue weighted by atomic mass is 9.83. The van der Waals surface area contributed by atoms with Gasteiger partial charge in [-0.1, -0.05) is 60.2 Å². The highest BCUT2D eigenvalue weighted by Gasteiger charge is 2.34. The SMILES string of the molecule is CCN(CCNC(=O)c1ccccc1C(C)=O)/C1=C(\N2CCCC(C=O)C2)C(=O)C(CCc2ccccc2)/C(C)=C/CC1. The number of amides is 1.